The van der Waals surface area contributed by atoms with Crippen LogP contribution in [0.15, 0.2) is 12.3 Å². The summed E-state index contributed by atoms with van der Waals surface area (Å²) >= 11 is 5.66. The van der Waals surface area contributed by atoms with Gasteiger partial charge in [-0.05, 0) is 12.8 Å². The van der Waals surface area contributed by atoms with Gasteiger partial charge in [0.05, 0.1) is 9.95 Å². The minimum absolute atomic E-state index is 0.00785. The molecule has 1 saturated carbocycles. The third-order valence-electron chi connectivity index (χ3n) is 2.58. The molecule has 0 atom stereocenters. The maximum Gasteiger partial charge on any atom is 0.323 e. The van der Waals surface area contributed by atoms with E-state index in [1.165, 1.54) is 17.2 Å². The Morgan fingerprint density at radius 2 is 2.33 bits per heavy atom. The third-order valence-corrected chi connectivity index (χ3v) is 2.78. The highest BCUT2D eigenvalue weighted by Crippen LogP contribution is 2.36. The van der Waals surface area contributed by atoms with Crippen LogP contribution >= 0.6 is 11.6 Å². The number of carboxylic acids is 1. The van der Waals surface area contributed by atoms with Crippen LogP contribution in [0.25, 0.3) is 0 Å². The summed E-state index contributed by atoms with van der Waals surface area (Å²) in [7, 11) is 0. The summed E-state index contributed by atoms with van der Waals surface area (Å²) in [6, 6.07) is 1.19. The van der Waals surface area contributed by atoms with Crippen molar-refractivity contribution in [3.63, 3.8) is 0 Å². The Hall–Kier alpha value is -1.89. The van der Waals surface area contributed by atoms with E-state index in [1.54, 1.807) is 0 Å². The van der Waals surface area contributed by atoms with Gasteiger partial charge in [0.25, 0.3) is 0 Å². The van der Waals surface area contributed by atoms with E-state index in [-0.39, 0.29) is 29.1 Å². The molecule has 0 aliphatic heterocycles. The monoisotopic (exact) mass is 271 g/mol. The van der Waals surface area contributed by atoms with E-state index in [0.29, 0.717) is 0 Å². The van der Waals surface area contributed by atoms with Gasteiger partial charge in [-0.1, -0.05) is 11.6 Å². The summed E-state index contributed by atoms with van der Waals surface area (Å²) in [5.41, 5.74) is -0.268. The molecule has 0 aromatic carbocycles. The predicted molar refractivity (Wildman–Crippen MR) is 63.9 cm³/mol. The number of carbonyl (C=O) groups is 1. The van der Waals surface area contributed by atoms with Crippen LogP contribution in [0.5, 0.6) is 0 Å². The fourth-order valence-corrected chi connectivity index (χ4v) is 1.84. The number of rotatable bonds is 5. The van der Waals surface area contributed by atoms with Crippen molar-refractivity contribution in [2.75, 3.05) is 11.4 Å². The van der Waals surface area contributed by atoms with Crippen molar-refractivity contribution in [2.24, 2.45) is 0 Å². The van der Waals surface area contributed by atoms with Gasteiger partial charge >= 0.3 is 11.7 Å². The number of halogens is 1. The highest BCUT2D eigenvalue weighted by atomic mass is 35.5. The van der Waals surface area contributed by atoms with Gasteiger partial charge in [0.2, 0.25) is 5.82 Å². The Balaban J connectivity index is 2.40. The van der Waals surface area contributed by atoms with Gasteiger partial charge in [-0.2, -0.15) is 0 Å². The summed E-state index contributed by atoms with van der Waals surface area (Å²) in [5, 5.41) is 19.9. The van der Waals surface area contributed by atoms with Crippen LogP contribution in [0.4, 0.5) is 11.5 Å². The molecule has 1 aromatic rings. The second kappa shape index (κ2) is 4.77. The molecule has 0 bridgehead atoms. The lowest BCUT2D eigenvalue weighted by Gasteiger charge is -2.20. The Morgan fingerprint density at radius 3 is 2.83 bits per heavy atom. The van der Waals surface area contributed by atoms with E-state index >= 15 is 0 Å². The van der Waals surface area contributed by atoms with Gasteiger partial charge in [0.1, 0.15) is 6.54 Å². The van der Waals surface area contributed by atoms with E-state index in [9.17, 15) is 14.9 Å². The van der Waals surface area contributed by atoms with Crippen LogP contribution in [-0.2, 0) is 4.79 Å². The molecule has 0 amide bonds. The van der Waals surface area contributed by atoms with Crippen LogP contribution < -0.4 is 4.90 Å². The first-order valence-electron chi connectivity index (χ1n) is 5.27. The summed E-state index contributed by atoms with van der Waals surface area (Å²) < 4.78 is 0. The van der Waals surface area contributed by atoms with Gasteiger partial charge in [0, 0.05) is 18.3 Å². The van der Waals surface area contributed by atoms with Crippen LogP contribution in [0, 0.1) is 10.1 Å². The molecular weight excluding hydrogens is 262 g/mol. The van der Waals surface area contributed by atoms with Gasteiger partial charge < -0.3 is 10.0 Å². The summed E-state index contributed by atoms with van der Waals surface area (Å²) in [6.07, 6.45) is 2.91. The SMILES string of the molecule is O=C(O)CN(c1ncc(Cl)cc1[N+](=O)[O-])C1CC1. The van der Waals surface area contributed by atoms with Crippen molar-refractivity contribution in [3.05, 3.63) is 27.4 Å². The van der Waals surface area contributed by atoms with Crippen molar-refractivity contribution < 1.29 is 14.8 Å². The molecule has 7 nitrogen and oxygen atoms in total. The molecule has 1 aliphatic rings. The van der Waals surface area contributed by atoms with Crippen LogP contribution in [0.3, 0.4) is 0 Å². The molecule has 0 unspecified atom stereocenters. The molecule has 0 saturated heterocycles. The van der Waals surface area contributed by atoms with E-state index in [4.69, 9.17) is 16.7 Å². The third kappa shape index (κ3) is 2.67. The quantitative estimate of drug-likeness (QED) is 0.647. The van der Waals surface area contributed by atoms with Gasteiger partial charge in [0.15, 0.2) is 0 Å². The molecule has 0 spiro atoms. The first-order valence-corrected chi connectivity index (χ1v) is 5.65. The Labute approximate surface area is 107 Å². The number of nitrogens with zero attached hydrogens (tertiary/aromatic N) is 3. The topological polar surface area (TPSA) is 96.6 Å². The van der Waals surface area contributed by atoms with Crippen molar-refractivity contribution >= 4 is 29.1 Å². The zero-order valence-electron chi connectivity index (χ0n) is 9.24. The van der Waals surface area contributed by atoms with Crippen molar-refractivity contribution in [1.82, 2.24) is 4.98 Å². The fraction of sp³-hybridized carbons (Fsp3) is 0.400. The maximum atomic E-state index is 10.9. The number of aromatic nitrogens is 1. The van der Waals surface area contributed by atoms with Gasteiger partial charge in [-0.25, -0.2) is 4.98 Å². The molecule has 1 N–H and O–H groups in total. The summed E-state index contributed by atoms with van der Waals surface area (Å²) in [4.78, 5) is 26.5. The number of aliphatic carboxylic acids is 1. The molecule has 18 heavy (non-hydrogen) atoms. The number of hydrogen-bond acceptors (Lipinski definition) is 5. The van der Waals surface area contributed by atoms with E-state index in [0.717, 1.165) is 12.8 Å². The number of anilines is 1. The number of nitro groups is 1. The molecule has 96 valence electrons. The zero-order valence-corrected chi connectivity index (χ0v) is 10.0. The molecular formula is C10H10ClN3O4. The molecule has 1 fully saturated rings. The minimum atomic E-state index is -1.05. The lowest BCUT2D eigenvalue weighted by Crippen LogP contribution is -2.32. The minimum Gasteiger partial charge on any atom is -0.480 e. The highest BCUT2D eigenvalue weighted by Gasteiger charge is 2.35. The second-order valence-electron chi connectivity index (χ2n) is 4.01. The lowest BCUT2D eigenvalue weighted by atomic mass is 10.3. The summed E-state index contributed by atoms with van der Waals surface area (Å²) in [5.74, 6) is -0.984. The van der Waals surface area contributed by atoms with Crippen molar-refractivity contribution in [2.45, 2.75) is 18.9 Å². The number of hydrogen-bond donors (Lipinski definition) is 1. The van der Waals surface area contributed by atoms with Crippen LogP contribution in [-0.4, -0.2) is 33.6 Å². The molecule has 1 aliphatic carbocycles. The Kier molecular flexibility index (Phi) is 3.33. The first-order chi connectivity index (χ1) is 8.49. The molecule has 1 aromatic heterocycles. The average Bonchev–Trinajstić information content (AvgIpc) is 3.09. The fourth-order valence-electron chi connectivity index (χ4n) is 1.69. The highest BCUT2D eigenvalue weighted by molar-refractivity contribution is 6.30. The first kappa shape index (κ1) is 12.6. The van der Waals surface area contributed by atoms with E-state index in [2.05, 4.69) is 4.98 Å². The normalized spacial score (nSPS) is 14.3. The largest absolute Gasteiger partial charge is 0.480 e. The molecule has 2 rings (SSSR count). The van der Waals surface area contributed by atoms with Gasteiger partial charge in [-0.15, -0.1) is 0 Å². The lowest BCUT2D eigenvalue weighted by molar-refractivity contribution is -0.384. The summed E-state index contributed by atoms with van der Waals surface area (Å²) in [6.45, 7) is -0.305. The van der Waals surface area contributed by atoms with Crippen LogP contribution in [0.1, 0.15) is 12.8 Å². The van der Waals surface area contributed by atoms with Crippen molar-refractivity contribution in [3.8, 4) is 0 Å². The standard InChI is InChI=1S/C10H10ClN3O4/c11-6-3-8(14(17)18)10(12-4-6)13(5-9(15)16)7-1-2-7/h3-4,7H,1-2,5H2,(H,15,16). The number of pyridine rings is 1. The second-order valence-corrected chi connectivity index (χ2v) is 4.44. The molecule has 1 heterocycles. The van der Waals surface area contributed by atoms with Gasteiger partial charge in [-0.3, -0.25) is 14.9 Å². The van der Waals surface area contributed by atoms with Crippen molar-refractivity contribution in [1.29, 1.82) is 0 Å². The Bertz CT molecular complexity index is 504. The predicted octanol–water partition coefficient (Wildman–Crippen LogP) is 1.70. The number of carboxylic acid groups (broad SMARTS) is 1. The van der Waals surface area contributed by atoms with Crippen LogP contribution in [0.2, 0.25) is 5.02 Å². The van der Waals surface area contributed by atoms with E-state index in [1.807, 2.05) is 0 Å². The smallest absolute Gasteiger partial charge is 0.323 e. The maximum absolute atomic E-state index is 10.9. The molecule has 8 heteroatoms. The zero-order chi connectivity index (χ0) is 13.3. The Morgan fingerprint density at radius 1 is 1.67 bits per heavy atom. The average molecular weight is 272 g/mol. The van der Waals surface area contributed by atoms with E-state index < -0.39 is 10.9 Å². The molecule has 0 radical (unpaired) electrons.